The third-order valence-electron chi connectivity index (χ3n) is 3.77. The summed E-state index contributed by atoms with van der Waals surface area (Å²) in [5, 5.41) is 3.43. The van der Waals surface area contributed by atoms with E-state index in [2.05, 4.69) is 31.0 Å². The number of esters is 1. The lowest BCUT2D eigenvalue weighted by Crippen LogP contribution is -2.61. The van der Waals surface area contributed by atoms with Gasteiger partial charge in [-0.1, -0.05) is 20.8 Å². The Kier molecular flexibility index (Phi) is 6.09. The van der Waals surface area contributed by atoms with Crippen LogP contribution in [0.5, 0.6) is 0 Å². The molecule has 0 spiro atoms. The van der Waals surface area contributed by atoms with Crippen LogP contribution in [-0.4, -0.2) is 49.2 Å². The van der Waals surface area contributed by atoms with Crippen molar-refractivity contribution in [3.63, 3.8) is 0 Å². The summed E-state index contributed by atoms with van der Waals surface area (Å²) >= 11 is 0. The molecule has 0 aromatic carbocycles. The van der Waals surface area contributed by atoms with Gasteiger partial charge >= 0.3 is 5.97 Å². The van der Waals surface area contributed by atoms with Crippen LogP contribution in [0.15, 0.2) is 0 Å². The average Bonchev–Trinajstić information content (AvgIpc) is 3.19. The van der Waals surface area contributed by atoms with Crippen molar-refractivity contribution in [2.45, 2.75) is 46.1 Å². The zero-order valence-electron chi connectivity index (χ0n) is 12.3. The fraction of sp³-hybridized carbons (Fsp3) is 0.929. The molecule has 1 aliphatic rings. The fourth-order valence-corrected chi connectivity index (χ4v) is 2.58. The molecule has 0 aromatic rings. The van der Waals surface area contributed by atoms with E-state index >= 15 is 0 Å². The Balaban J connectivity index is 2.85. The van der Waals surface area contributed by atoms with Crippen LogP contribution in [0.3, 0.4) is 0 Å². The van der Waals surface area contributed by atoms with Crippen LogP contribution in [0.25, 0.3) is 0 Å². The van der Waals surface area contributed by atoms with Crippen LogP contribution >= 0.6 is 0 Å². The maximum Gasteiger partial charge on any atom is 0.327 e. The molecule has 1 fully saturated rings. The lowest BCUT2D eigenvalue weighted by atomic mass is 9.92. The van der Waals surface area contributed by atoms with E-state index in [1.54, 1.807) is 0 Å². The summed E-state index contributed by atoms with van der Waals surface area (Å²) in [6, 6.07) is 0. The summed E-state index contributed by atoms with van der Waals surface area (Å²) in [5.41, 5.74) is -0.489. The van der Waals surface area contributed by atoms with Crippen LogP contribution in [0.1, 0.15) is 40.5 Å². The maximum absolute atomic E-state index is 12.4. The molecule has 1 atom stereocenters. The van der Waals surface area contributed by atoms with E-state index in [0.717, 1.165) is 39.0 Å². The minimum atomic E-state index is -0.489. The SMILES string of the molecule is CCNC(CN(CC)CC)(C(=O)OCC)C1CC1. The van der Waals surface area contributed by atoms with Crippen LogP contribution < -0.4 is 5.32 Å². The quantitative estimate of drug-likeness (QED) is 0.637. The molecule has 1 aliphatic carbocycles. The minimum Gasteiger partial charge on any atom is -0.465 e. The first kappa shape index (κ1) is 15.4. The second-order valence-electron chi connectivity index (χ2n) is 4.96. The predicted molar refractivity (Wildman–Crippen MR) is 73.6 cm³/mol. The lowest BCUT2D eigenvalue weighted by molar-refractivity contribution is -0.153. The number of carbonyl (C=O) groups is 1. The molecule has 4 heteroatoms. The smallest absolute Gasteiger partial charge is 0.327 e. The Morgan fingerprint density at radius 1 is 1.28 bits per heavy atom. The zero-order chi connectivity index (χ0) is 13.6. The molecule has 106 valence electrons. The summed E-state index contributed by atoms with van der Waals surface area (Å²) in [4.78, 5) is 14.7. The number of ether oxygens (including phenoxy) is 1. The van der Waals surface area contributed by atoms with Crippen LogP contribution in [0, 0.1) is 5.92 Å². The summed E-state index contributed by atoms with van der Waals surface area (Å²) < 4.78 is 5.32. The molecule has 0 amide bonds. The molecule has 0 aliphatic heterocycles. The summed E-state index contributed by atoms with van der Waals surface area (Å²) in [6.45, 7) is 12.2. The molecule has 0 aromatic heterocycles. The second-order valence-corrected chi connectivity index (χ2v) is 4.96. The monoisotopic (exact) mass is 256 g/mol. The Labute approximate surface area is 111 Å². The first-order valence-corrected chi connectivity index (χ1v) is 7.29. The number of nitrogens with one attached hydrogen (secondary N) is 1. The van der Waals surface area contributed by atoms with Gasteiger partial charge in [0.05, 0.1) is 6.61 Å². The van der Waals surface area contributed by atoms with E-state index in [9.17, 15) is 4.79 Å². The highest BCUT2D eigenvalue weighted by atomic mass is 16.5. The van der Waals surface area contributed by atoms with Gasteiger partial charge in [0.1, 0.15) is 5.54 Å². The molecular weight excluding hydrogens is 228 g/mol. The van der Waals surface area contributed by atoms with Crippen LogP contribution in [0.2, 0.25) is 0 Å². The first-order chi connectivity index (χ1) is 8.64. The molecule has 1 N–H and O–H groups in total. The van der Waals surface area contributed by atoms with Gasteiger partial charge < -0.3 is 15.0 Å². The van der Waals surface area contributed by atoms with Crippen molar-refractivity contribution in [3.05, 3.63) is 0 Å². The van der Waals surface area contributed by atoms with Crippen molar-refractivity contribution in [2.24, 2.45) is 5.92 Å². The number of carbonyl (C=O) groups excluding carboxylic acids is 1. The normalized spacial score (nSPS) is 18.7. The molecule has 18 heavy (non-hydrogen) atoms. The average molecular weight is 256 g/mol. The highest BCUT2D eigenvalue weighted by Crippen LogP contribution is 2.41. The molecule has 1 rings (SSSR count). The highest BCUT2D eigenvalue weighted by molar-refractivity contribution is 5.82. The van der Waals surface area contributed by atoms with Crippen molar-refractivity contribution in [1.82, 2.24) is 10.2 Å². The van der Waals surface area contributed by atoms with E-state index in [4.69, 9.17) is 4.74 Å². The number of hydrogen-bond acceptors (Lipinski definition) is 4. The number of rotatable bonds is 9. The largest absolute Gasteiger partial charge is 0.465 e. The predicted octanol–water partition coefficient (Wildman–Crippen LogP) is 1.65. The Morgan fingerprint density at radius 2 is 1.89 bits per heavy atom. The van der Waals surface area contributed by atoms with E-state index in [1.165, 1.54) is 0 Å². The first-order valence-electron chi connectivity index (χ1n) is 7.29. The molecule has 0 heterocycles. The fourth-order valence-electron chi connectivity index (χ4n) is 2.58. The van der Waals surface area contributed by atoms with Gasteiger partial charge in [0.2, 0.25) is 0 Å². The van der Waals surface area contributed by atoms with Gasteiger partial charge in [-0.25, -0.2) is 4.79 Å². The van der Waals surface area contributed by atoms with Gasteiger partial charge in [0.15, 0.2) is 0 Å². The van der Waals surface area contributed by atoms with Crippen molar-refractivity contribution in [2.75, 3.05) is 32.8 Å². The third kappa shape index (κ3) is 3.45. The Hall–Kier alpha value is -0.610. The summed E-state index contributed by atoms with van der Waals surface area (Å²) in [5.74, 6) is 0.373. The highest BCUT2D eigenvalue weighted by Gasteiger charge is 2.52. The van der Waals surface area contributed by atoms with Gasteiger partial charge in [-0.2, -0.15) is 0 Å². The van der Waals surface area contributed by atoms with Gasteiger partial charge in [-0.3, -0.25) is 0 Å². The summed E-state index contributed by atoms with van der Waals surface area (Å²) in [6.07, 6.45) is 2.26. The van der Waals surface area contributed by atoms with Crippen molar-refractivity contribution >= 4 is 5.97 Å². The number of nitrogens with zero attached hydrogens (tertiary/aromatic N) is 1. The van der Waals surface area contributed by atoms with Gasteiger partial charge in [-0.05, 0) is 45.3 Å². The number of likely N-dealkylation sites (N-methyl/N-ethyl adjacent to an activating group) is 2. The molecule has 1 unspecified atom stereocenters. The molecule has 1 saturated carbocycles. The zero-order valence-corrected chi connectivity index (χ0v) is 12.3. The molecule has 0 bridgehead atoms. The minimum absolute atomic E-state index is 0.0683. The van der Waals surface area contributed by atoms with Crippen molar-refractivity contribution in [3.8, 4) is 0 Å². The molecule has 4 nitrogen and oxygen atoms in total. The van der Waals surface area contributed by atoms with Gasteiger partial charge in [-0.15, -0.1) is 0 Å². The topological polar surface area (TPSA) is 41.6 Å². The summed E-state index contributed by atoms with van der Waals surface area (Å²) in [7, 11) is 0. The van der Waals surface area contributed by atoms with E-state index in [-0.39, 0.29) is 5.97 Å². The van der Waals surface area contributed by atoms with Gasteiger partial charge in [0.25, 0.3) is 0 Å². The van der Waals surface area contributed by atoms with Crippen molar-refractivity contribution < 1.29 is 9.53 Å². The Bertz CT molecular complexity index is 263. The molecule has 0 radical (unpaired) electrons. The maximum atomic E-state index is 12.4. The Morgan fingerprint density at radius 3 is 2.28 bits per heavy atom. The van der Waals surface area contributed by atoms with E-state index < -0.39 is 5.54 Å². The van der Waals surface area contributed by atoms with Crippen molar-refractivity contribution in [1.29, 1.82) is 0 Å². The van der Waals surface area contributed by atoms with Crippen LogP contribution in [-0.2, 0) is 9.53 Å². The standard InChI is InChI=1S/C14H28N2O2/c1-5-15-14(12-9-10-12,13(17)18-8-4)11-16(6-2)7-3/h12,15H,5-11H2,1-4H3. The third-order valence-corrected chi connectivity index (χ3v) is 3.77. The van der Waals surface area contributed by atoms with Crippen LogP contribution in [0.4, 0.5) is 0 Å². The second kappa shape index (κ2) is 7.10. The van der Waals surface area contributed by atoms with E-state index in [1.807, 2.05) is 6.92 Å². The number of hydrogen-bond donors (Lipinski definition) is 1. The van der Waals surface area contributed by atoms with Gasteiger partial charge in [0, 0.05) is 6.54 Å². The molecule has 0 saturated heterocycles. The molecular formula is C14H28N2O2. The lowest BCUT2D eigenvalue weighted by Gasteiger charge is -2.36. The van der Waals surface area contributed by atoms with E-state index in [0.29, 0.717) is 12.5 Å².